The van der Waals surface area contributed by atoms with Gasteiger partial charge in [0.15, 0.2) is 0 Å². The molecule has 3 heterocycles. The van der Waals surface area contributed by atoms with Crippen LogP contribution in [0, 0.1) is 6.92 Å². The van der Waals surface area contributed by atoms with Crippen LogP contribution >= 0.6 is 15.9 Å². The second kappa shape index (κ2) is 9.38. The predicted octanol–water partition coefficient (Wildman–Crippen LogP) is 5.75. The number of likely N-dealkylation sites (N-methyl/N-ethyl adjacent to an activating group) is 1. The zero-order chi connectivity index (χ0) is 23.7. The normalized spacial score (nSPS) is 14.2. The van der Waals surface area contributed by atoms with Gasteiger partial charge in [-0.3, -0.25) is 4.99 Å². The molecule has 2 aromatic carbocycles. The van der Waals surface area contributed by atoms with Crippen molar-refractivity contribution in [2.75, 3.05) is 25.5 Å². The van der Waals surface area contributed by atoms with Crippen LogP contribution in [0.3, 0.4) is 0 Å². The van der Waals surface area contributed by atoms with Crippen LogP contribution in [0.1, 0.15) is 29.9 Å². The average Bonchev–Trinajstić information content (AvgIpc) is 3.25. The van der Waals surface area contributed by atoms with E-state index in [0.717, 1.165) is 51.2 Å². The van der Waals surface area contributed by atoms with E-state index >= 15 is 0 Å². The highest BCUT2D eigenvalue weighted by atomic mass is 79.9. The Bertz CT molecular complexity index is 1390. The third kappa shape index (κ3) is 4.72. The van der Waals surface area contributed by atoms with E-state index in [1.165, 1.54) is 0 Å². The summed E-state index contributed by atoms with van der Waals surface area (Å²) in [6, 6.07) is 18.1. The van der Waals surface area contributed by atoms with Crippen LogP contribution in [0.15, 0.2) is 70.3 Å². The van der Waals surface area contributed by atoms with Gasteiger partial charge in [0.05, 0.1) is 24.3 Å². The number of nitrogens with one attached hydrogen (secondary N) is 1. The van der Waals surface area contributed by atoms with Gasteiger partial charge < -0.3 is 15.0 Å². The number of benzene rings is 2. The monoisotopic (exact) mass is 516 g/mol. The molecule has 1 aliphatic rings. The highest BCUT2D eigenvalue weighted by Crippen LogP contribution is 2.30. The number of rotatable bonds is 6. The summed E-state index contributed by atoms with van der Waals surface area (Å²) in [4.78, 5) is 20.5. The fourth-order valence-corrected chi connectivity index (χ4v) is 4.44. The molecule has 2 aromatic heterocycles. The number of anilines is 1. The van der Waals surface area contributed by atoms with Gasteiger partial charge in [0.25, 0.3) is 0 Å². The van der Waals surface area contributed by atoms with Crippen molar-refractivity contribution in [1.29, 1.82) is 0 Å². The first-order chi connectivity index (χ1) is 16.5. The molecule has 1 unspecified atom stereocenters. The molecule has 7 nitrogen and oxygen atoms in total. The third-order valence-corrected chi connectivity index (χ3v) is 6.24. The molecule has 34 heavy (non-hydrogen) atoms. The maximum Gasteiger partial charge on any atom is 0.220 e. The quantitative estimate of drug-likeness (QED) is 0.351. The lowest BCUT2D eigenvalue weighted by Gasteiger charge is -2.17. The largest absolute Gasteiger partial charge is 0.439 e. The van der Waals surface area contributed by atoms with Crippen molar-refractivity contribution < 1.29 is 4.74 Å². The summed E-state index contributed by atoms with van der Waals surface area (Å²) < 4.78 is 7.18. The van der Waals surface area contributed by atoms with Crippen LogP contribution in [-0.4, -0.2) is 45.8 Å². The summed E-state index contributed by atoms with van der Waals surface area (Å²) in [5.41, 5.74) is 2.95. The molecule has 1 aliphatic heterocycles. The van der Waals surface area contributed by atoms with E-state index in [0.29, 0.717) is 17.5 Å². The zero-order valence-corrected chi connectivity index (χ0v) is 20.9. The van der Waals surface area contributed by atoms with Crippen LogP contribution in [-0.2, 0) is 0 Å². The molecule has 0 spiro atoms. The van der Waals surface area contributed by atoms with E-state index in [9.17, 15) is 0 Å². The molecular weight excluding hydrogens is 492 g/mol. The van der Waals surface area contributed by atoms with Crippen molar-refractivity contribution in [3.8, 4) is 11.6 Å². The van der Waals surface area contributed by atoms with Crippen molar-refractivity contribution in [3.63, 3.8) is 0 Å². The standard InChI is InChI=1S/C26H25BrN6O/c1-16(18-6-4-8-20(27)12-18)30-25-22-14-24(29-15-23(22)31-17(2)32-25)34-21-9-5-7-19(13-21)26-28-10-11-33(26)3/h4-9,12-16H,10-11H2,1-3H3,(H,30,31,32). The van der Waals surface area contributed by atoms with Gasteiger partial charge in [-0.2, -0.15) is 0 Å². The molecule has 0 bridgehead atoms. The van der Waals surface area contributed by atoms with Crippen LogP contribution in [0.4, 0.5) is 5.82 Å². The maximum absolute atomic E-state index is 6.14. The van der Waals surface area contributed by atoms with Gasteiger partial charge in [-0.15, -0.1) is 0 Å². The van der Waals surface area contributed by atoms with E-state index in [4.69, 9.17) is 4.74 Å². The number of aryl methyl sites for hydroxylation is 1. The van der Waals surface area contributed by atoms with Crippen molar-refractivity contribution in [2.24, 2.45) is 4.99 Å². The number of amidine groups is 1. The zero-order valence-electron chi connectivity index (χ0n) is 19.3. The number of hydrogen-bond acceptors (Lipinski definition) is 7. The molecule has 0 radical (unpaired) electrons. The molecule has 8 heteroatoms. The molecule has 0 fully saturated rings. The van der Waals surface area contributed by atoms with Crippen LogP contribution in [0.2, 0.25) is 0 Å². The summed E-state index contributed by atoms with van der Waals surface area (Å²) in [6.07, 6.45) is 1.73. The minimum atomic E-state index is 0.0494. The Labute approximate surface area is 207 Å². The molecule has 0 saturated carbocycles. The SMILES string of the molecule is Cc1nc(NC(C)c2cccc(Br)c2)c2cc(Oc3cccc(C4=NCCN4C)c3)ncc2n1. The van der Waals surface area contributed by atoms with E-state index in [1.807, 2.05) is 49.4 Å². The number of ether oxygens (including phenoxy) is 1. The Kier molecular flexibility index (Phi) is 6.15. The van der Waals surface area contributed by atoms with E-state index in [1.54, 1.807) is 6.20 Å². The number of nitrogens with zero attached hydrogens (tertiary/aromatic N) is 5. The Hall–Kier alpha value is -3.52. The Morgan fingerprint density at radius 3 is 2.74 bits per heavy atom. The number of halogens is 1. The Balaban J connectivity index is 1.44. The summed E-state index contributed by atoms with van der Waals surface area (Å²) in [5, 5.41) is 4.39. The predicted molar refractivity (Wildman–Crippen MR) is 139 cm³/mol. The van der Waals surface area contributed by atoms with Crippen LogP contribution < -0.4 is 10.1 Å². The van der Waals surface area contributed by atoms with Gasteiger partial charge in [-0.1, -0.05) is 40.2 Å². The second-order valence-electron chi connectivity index (χ2n) is 8.34. The van der Waals surface area contributed by atoms with Gasteiger partial charge in [-0.25, -0.2) is 15.0 Å². The lowest BCUT2D eigenvalue weighted by atomic mass is 10.1. The summed E-state index contributed by atoms with van der Waals surface area (Å²) >= 11 is 3.55. The number of hydrogen-bond donors (Lipinski definition) is 1. The molecule has 4 aromatic rings. The van der Waals surface area contributed by atoms with Crippen molar-refractivity contribution in [2.45, 2.75) is 19.9 Å². The van der Waals surface area contributed by atoms with Crippen molar-refractivity contribution in [1.82, 2.24) is 19.9 Å². The second-order valence-corrected chi connectivity index (χ2v) is 9.25. The average molecular weight is 517 g/mol. The molecule has 0 amide bonds. The summed E-state index contributed by atoms with van der Waals surface area (Å²) in [6.45, 7) is 5.74. The smallest absolute Gasteiger partial charge is 0.220 e. The molecule has 0 aliphatic carbocycles. The van der Waals surface area contributed by atoms with Crippen molar-refractivity contribution >= 4 is 38.5 Å². The number of aromatic nitrogens is 3. The first kappa shape index (κ1) is 22.3. The Morgan fingerprint density at radius 2 is 1.94 bits per heavy atom. The highest BCUT2D eigenvalue weighted by molar-refractivity contribution is 9.10. The highest BCUT2D eigenvalue weighted by Gasteiger charge is 2.16. The Morgan fingerprint density at radius 1 is 1.09 bits per heavy atom. The fourth-order valence-electron chi connectivity index (χ4n) is 4.02. The first-order valence-corrected chi connectivity index (χ1v) is 12.0. The molecule has 1 N–H and O–H groups in total. The van der Waals surface area contributed by atoms with E-state index in [-0.39, 0.29) is 6.04 Å². The summed E-state index contributed by atoms with van der Waals surface area (Å²) in [7, 11) is 2.05. The molecule has 172 valence electrons. The number of pyridine rings is 1. The minimum absolute atomic E-state index is 0.0494. The van der Waals surface area contributed by atoms with Crippen LogP contribution in [0.5, 0.6) is 11.6 Å². The van der Waals surface area contributed by atoms with E-state index < -0.39 is 0 Å². The van der Waals surface area contributed by atoms with Crippen LogP contribution in [0.25, 0.3) is 10.9 Å². The third-order valence-electron chi connectivity index (χ3n) is 5.74. The van der Waals surface area contributed by atoms with Gasteiger partial charge in [0.2, 0.25) is 5.88 Å². The molecule has 0 saturated heterocycles. The molecular formula is C26H25BrN6O. The molecule has 1 atom stereocenters. The van der Waals surface area contributed by atoms with Gasteiger partial charge in [0.1, 0.15) is 23.2 Å². The van der Waals surface area contributed by atoms with E-state index in [2.05, 4.69) is 72.2 Å². The first-order valence-electron chi connectivity index (χ1n) is 11.2. The summed E-state index contributed by atoms with van der Waals surface area (Å²) in [5.74, 6) is 3.60. The van der Waals surface area contributed by atoms with Gasteiger partial charge in [0, 0.05) is 35.1 Å². The van der Waals surface area contributed by atoms with Gasteiger partial charge in [-0.05, 0) is 43.7 Å². The van der Waals surface area contributed by atoms with Gasteiger partial charge >= 0.3 is 0 Å². The minimum Gasteiger partial charge on any atom is -0.439 e. The topological polar surface area (TPSA) is 75.5 Å². The fraction of sp³-hybridized carbons (Fsp3) is 0.231. The lowest BCUT2D eigenvalue weighted by Crippen LogP contribution is -2.23. The van der Waals surface area contributed by atoms with Crippen molar-refractivity contribution in [3.05, 3.63) is 82.2 Å². The number of aliphatic imine (C=N–C) groups is 1. The number of fused-ring (bicyclic) bond motifs is 1. The maximum atomic E-state index is 6.14. The molecule has 5 rings (SSSR count). The lowest BCUT2D eigenvalue weighted by molar-refractivity contribution is 0.463.